The van der Waals surface area contributed by atoms with Crippen molar-refractivity contribution in [2.24, 2.45) is 5.92 Å². The molecule has 1 aliphatic carbocycles. The molecule has 3 nitrogen and oxygen atoms in total. The molecule has 4 heteroatoms. The molecule has 0 amide bonds. The molecular formula is C17H35N3Zr. The van der Waals surface area contributed by atoms with Crippen molar-refractivity contribution in [1.82, 2.24) is 0 Å². The van der Waals surface area contributed by atoms with E-state index in [4.69, 9.17) is 0 Å². The standard InChI is InChI=1S/C10H16N.2C3H8N.CH3.Zr/c1-3-11-8-9(2)10-6-4-5-7-10;2*1-3-4-2;;/h4-6,9H,3,7-8H2,1-2H3;2*3H2,1-2H3;1H3;/q4*-1;+4. The van der Waals surface area contributed by atoms with Crippen LogP contribution in [0.25, 0.3) is 16.0 Å². The van der Waals surface area contributed by atoms with Crippen molar-refractivity contribution >= 4 is 0 Å². The van der Waals surface area contributed by atoms with Gasteiger partial charge in [-0.15, -0.1) is 6.54 Å². The molecule has 0 spiro atoms. The van der Waals surface area contributed by atoms with Crippen LogP contribution in [0.4, 0.5) is 0 Å². The van der Waals surface area contributed by atoms with E-state index < -0.39 is 0 Å². The van der Waals surface area contributed by atoms with Crippen LogP contribution in [0.2, 0.25) is 0 Å². The molecule has 0 radical (unpaired) electrons. The average molecular weight is 373 g/mol. The van der Waals surface area contributed by atoms with Crippen molar-refractivity contribution < 1.29 is 26.2 Å². The number of hydrogen-bond acceptors (Lipinski definition) is 0. The van der Waals surface area contributed by atoms with Crippen molar-refractivity contribution in [3.8, 4) is 0 Å². The molecule has 1 unspecified atom stereocenters. The van der Waals surface area contributed by atoms with Crippen LogP contribution in [0.1, 0.15) is 34.1 Å². The van der Waals surface area contributed by atoms with E-state index in [1.165, 1.54) is 5.57 Å². The zero-order chi connectivity index (χ0) is 14.9. The summed E-state index contributed by atoms with van der Waals surface area (Å²) in [7, 11) is 3.61. The second-order valence-corrected chi connectivity index (χ2v) is 4.26. The Morgan fingerprint density at radius 1 is 1.05 bits per heavy atom. The zero-order valence-electron chi connectivity index (χ0n) is 15.2. The Labute approximate surface area is 153 Å². The van der Waals surface area contributed by atoms with Crippen LogP contribution in [0.5, 0.6) is 0 Å². The van der Waals surface area contributed by atoms with E-state index in [0.717, 1.165) is 32.6 Å². The first-order valence-corrected chi connectivity index (χ1v) is 7.27. The maximum absolute atomic E-state index is 4.35. The van der Waals surface area contributed by atoms with E-state index in [-0.39, 0.29) is 33.6 Å². The predicted molar refractivity (Wildman–Crippen MR) is 95.8 cm³/mol. The van der Waals surface area contributed by atoms with Crippen LogP contribution in [-0.4, -0.2) is 40.3 Å². The van der Waals surface area contributed by atoms with E-state index in [1.54, 1.807) is 14.1 Å². The van der Waals surface area contributed by atoms with Gasteiger partial charge < -0.3 is 23.4 Å². The van der Waals surface area contributed by atoms with Gasteiger partial charge in [-0.05, 0) is 12.3 Å². The smallest absolute Gasteiger partial charge is 0.665 e. The van der Waals surface area contributed by atoms with Gasteiger partial charge in [0.15, 0.2) is 0 Å². The normalized spacial score (nSPS) is 12.6. The van der Waals surface area contributed by atoms with Gasteiger partial charge in [0.1, 0.15) is 0 Å². The first-order valence-electron chi connectivity index (χ1n) is 7.27. The van der Waals surface area contributed by atoms with E-state index in [2.05, 4.69) is 48.0 Å². The zero-order valence-corrected chi connectivity index (χ0v) is 17.6. The molecule has 0 saturated carbocycles. The van der Waals surface area contributed by atoms with Crippen molar-refractivity contribution in [2.45, 2.75) is 34.1 Å². The summed E-state index contributed by atoms with van der Waals surface area (Å²) in [5.41, 5.74) is 1.53. The second kappa shape index (κ2) is 25.2. The number of rotatable bonds is 6. The summed E-state index contributed by atoms with van der Waals surface area (Å²) < 4.78 is 0. The third-order valence-electron chi connectivity index (χ3n) is 2.69. The van der Waals surface area contributed by atoms with E-state index in [0.29, 0.717) is 5.92 Å². The van der Waals surface area contributed by atoms with Crippen molar-refractivity contribution in [1.29, 1.82) is 0 Å². The van der Waals surface area contributed by atoms with Crippen LogP contribution in [0.15, 0.2) is 23.8 Å². The van der Waals surface area contributed by atoms with E-state index in [9.17, 15) is 0 Å². The molecule has 0 aliphatic heterocycles. The third kappa shape index (κ3) is 22.7. The summed E-state index contributed by atoms with van der Waals surface area (Å²) in [6.45, 7) is 12.2. The van der Waals surface area contributed by atoms with Gasteiger partial charge in [-0.25, -0.2) is 0 Å². The molecule has 21 heavy (non-hydrogen) atoms. The number of allylic oxidation sites excluding steroid dienone is 3. The Kier molecular flexibility index (Phi) is 35.1. The summed E-state index contributed by atoms with van der Waals surface area (Å²) >= 11 is 0. The Morgan fingerprint density at radius 3 is 1.81 bits per heavy atom. The molecule has 0 aromatic heterocycles. The van der Waals surface area contributed by atoms with Crippen molar-refractivity contribution in [3.63, 3.8) is 0 Å². The van der Waals surface area contributed by atoms with Gasteiger partial charge >= 0.3 is 26.2 Å². The molecule has 1 rings (SSSR count). The largest absolute Gasteiger partial charge is 4.00 e. The number of nitrogens with zero attached hydrogens (tertiary/aromatic N) is 3. The molecular weight excluding hydrogens is 337 g/mol. The van der Waals surface area contributed by atoms with Crippen molar-refractivity contribution in [2.75, 3.05) is 40.3 Å². The SMILES string of the molecule is CC[N-]C.CC[N-]C.CC[N-]CC(C)C1=CC=CC1.[CH3-].[Zr+4]. The third-order valence-corrected chi connectivity index (χ3v) is 2.69. The van der Waals surface area contributed by atoms with E-state index in [1.807, 2.05) is 13.8 Å². The second-order valence-electron chi connectivity index (χ2n) is 4.26. The van der Waals surface area contributed by atoms with Crippen LogP contribution in [-0.2, 0) is 26.2 Å². The quantitative estimate of drug-likeness (QED) is 0.563. The van der Waals surface area contributed by atoms with Crippen molar-refractivity contribution in [3.05, 3.63) is 47.2 Å². The Hall–Kier alpha value is 0.243. The van der Waals surface area contributed by atoms with Gasteiger partial charge in [0.2, 0.25) is 0 Å². The fourth-order valence-corrected chi connectivity index (χ4v) is 1.27. The Bertz CT molecular complexity index is 220. The van der Waals surface area contributed by atoms with E-state index >= 15 is 0 Å². The van der Waals surface area contributed by atoms with Gasteiger partial charge in [-0.3, -0.25) is 0 Å². The fraction of sp³-hybridized carbons (Fsp3) is 0.706. The van der Waals surface area contributed by atoms with Gasteiger partial charge in [0.25, 0.3) is 0 Å². The minimum absolute atomic E-state index is 0. The van der Waals surface area contributed by atoms with Gasteiger partial charge in [-0.1, -0.05) is 51.5 Å². The molecule has 122 valence electrons. The molecule has 0 aromatic rings. The topological polar surface area (TPSA) is 42.3 Å². The van der Waals surface area contributed by atoms with Gasteiger partial charge in [-0.2, -0.15) is 33.7 Å². The minimum atomic E-state index is 0. The number of hydrogen-bond donors (Lipinski definition) is 0. The first-order chi connectivity index (χ1) is 9.17. The summed E-state index contributed by atoms with van der Waals surface area (Å²) in [5, 5.41) is 11.8. The average Bonchev–Trinajstić information content (AvgIpc) is 2.99. The molecule has 0 heterocycles. The molecule has 1 aliphatic rings. The molecule has 0 fully saturated rings. The Balaban J connectivity index is -0.000000123. The van der Waals surface area contributed by atoms with Gasteiger partial charge in [0.05, 0.1) is 0 Å². The van der Waals surface area contributed by atoms with Crippen LogP contribution in [0.3, 0.4) is 0 Å². The molecule has 0 bridgehead atoms. The van der Waals surface area contributed by atoms with Crippen LogP contribution >= 0.6 is 0 Å². The maximum atomic E-state index is 4.35. The summed E-state index contributed by atoms with van der Waals surface area (Å²) in [6, 6.07) is 0. The molecule has 0 N–H and O–H groups in total. The Morgan fingerprint density at radius 2 is 1.52 bits per heavy atom. The molecule has 0 aromatic carbocycles. The predicted octanol–water partition coefficient (Wildman–Crippen LogP) is 5.37. The monoisotopic (exact) mass is 371 g/mol. The molecule has 0 saturated heterocycles. The fourth-order valence-electron chi connectivity index (χ4n) is 1.27. The summed E-state index contributed by atoms with van der Waals surface area (Å²) in [6.07, 6.45) is 7.70. The summed E-state index contributed by atoms with van der Waals surface area (Å²) in [4.78, 5) is 0. The van der Waals surface area contributed by atoms with Gasteiger partial charge in [0, 0.05) is 0 Å². The van der Waals surface area contributed by atoms with Crippen LogP contribution < -0.4 is 0 Å². The first kappa shape index (κ1) is 29.3. The summed E-state index contributed by atoms with van der Waals surface area (Å²) in [5.74, 6) is 0.643. The maximum Gasteiger partial charge on any atom is 4.00 e. The van der Waals surface area contributed by atoms with Crippen LogP contribution in [0, 0.1) is 13.3 Å². The minimum Gasteiger partial charge on any atom is -0.665 e. The molecule has 1 atom stereocenters.